The zero-order valence-electron chi connectivity index (χ0n) is 16.3. The van der Waals surface area contributed by atoms with Gasteiger partial charge in [0.15, 0.2) is 0 Å². The van der Waals surface area contributed by atoms with Crippen LogP contribution in [0.3, 0.4) is 0 Å². The lowest BCUT2D eigenvalue weighted by molar-refractivity contribution is 0.0590. The first-order valence-electron chi connectivity index (χ1n) is 9.89. The first kappa shape index (κ1) is 19.6. The summed E-state index contributed by atoms with van der Waals surface area (Å²) in [5, 5.41) is 7.40. The summed E-state index contributed by atoms with van der Waals surface area (Å²) in [6.45, 7) is 1.07. The van der Waals surface area contributed by atoms with Crippen molar-refractivity contribution in [1.29, 1.82) is 0 Å². The molecule has 1 fully saturated rings. The van der Waals surface area contributed by atoms with E-state index in [0.29, 0.717) is 48.0 Å². The number of hydrogen-bond acceptors (Lipinski definition) is 5. The lowest BCUT2D eigenvalue weighted by atomic mass is 10.1. The SMILES string of the molecule is O=C(c1cc(-c2ccc(F)cc2)n[nH]1)N1CCC(Oc2nc3c(F)cccc3s2)CC1. The van der Waals surface area contributed by atoms with E-state index in [9.17, 15) is 13.6 Å². The molecule has 6 nitrogen and oxygen atoms in total. The predicted molar refractivity (Wildman–Crippen MR) is 113 cm³/mol. The van der Waals surface area contributed by atoms with E-state index >= 15 is 0 Å². The molecule has 2 aromatic carbocycles. The molecule has 31 heavy (non-hydrogen) atoms. The fourth-order valence-electron chi connectivity index (χ4n) is 3.63. The number of fused-ring (bicyclic) bond motifs is 1. The smallest absolute Gasteiger partial charge is 0.274 e. The second-order valence-electron chi connectivity index (χ2n) is 7.35. The average molecular weight is 440 g/mol. The van der Waals surface area contributed by atoms with Gasteiger partial charge in [0.2, 0.25) is 0 Å². The Labute approximate surface area is 180 Å². The van der Waals surface area contributed by atoms with E-state index in [0.717, 1.165) is 10.3 Å². The maximum Gasteiger partial charge on any atom is 0.274 e. The highest BCUT2D eigenvalue weighted by atomic mass is 32.1. The van der Waals surface area contributed by atoms with E-state index in [4.69, 9.17) is 4.74 Å². The Morgan fingerprint density at radius 3 is 2.65 bits per heavy atom. The summed E-state index contributed by atoms with van der Waals surface area (Å²) in [7, 11) is 0. The summed E-state index contributed by atoms with van der Waals surface area (Å²) in [5.41, 5.74) is 2.03. The molecule has 0 spiro atoms. The van der Waals surface area contributed by atoms with Crippen LogP contribution in [-0.4, -0.2) is 45.2 Å². The minimum Gasteiger partial charge on any atom is -0.467 e. The molecule has 158 valence electrons. The number of H-pyrrole nitrogens is 1. The molecule has 0 unspecified atom stereocenters. The number of nitrogens with zero attached hydrogens (tertiary/aromatic N) is 3. The zero-order chi connectivity index (χ0) is 21.4. The van der Waals surface area contributed by atoms with Crippen LogP contribution < -0.4 is 4.74 Å². The first-order valence-corrected chi connectivity index (χ1v) is 10.7. The van der Waals surface area contributed by atoms with Gasteiger partial charge < -0.3 is 9.64 Å². The molecule has 0 radical (unpaired) electrons. The number of aromatic nitrogens is 3. The van der Waals surface area contributed by atoms with Crippen LogP contribution in [0.15, 0.2) is 48.5 Å². The molecule has 1 saturated heterocycles. The topological polar surface area (TPSA) is 71.1 Å². The van der Waals surface area contributed by atoms with Gasteiger partial charge in [0, 0.05) is 31.5 Å². The number of thiazole rings is 1. The van der Waals surface area contributed by atoms with Crippen molar-refractivity contribution in [2.75, 3.05) is 13.1 Å². The highest BCUT2D eigenvalue weighted by Gasteiger charge is 2.26. The van der Waals surface area contributed by atoms with Crippen LogP contribution in [0, 0.1) is 11.6 Å². The molecule has 0 saturated carbocycles. The average Bonchev–Trinajstić information content (AvgIpc) is 3.42. The molecular formula is C22H18F2N4O2S. The molecule has 9 heteroatoms. The standard InChI is InChI=1S/C22H18F2N4O2S/c23-14-6-4-13(5-7-14)17-12-18(27-26-17)21(29)28-10-8-15(9-11-28)30-22-25-20-16(24)2-1-3-19(20)31-22/h1-7,12,15H,8-11H2,(H,26,27). The third kappa shape index (κ3) is 4.00. The number of benzene rings is 2. The molecule has 1 aliphatic rings. The van der Waals surface area contributed by atoms with Crippen LogP contribution in [0.25, 0.3) is 21.5 Å². The Hall–Kier alpha value is -3.33. The van der Waals surface area contributed by atoms with E-state index < -0.39 is 0 Å². The summed E-state index contributed by atoms with van der Waals surface area (Å²) in [4.78, 5) is 18.8. The fourth-order valence-corrected chi connectivity index (χ4v) is 4.53. The maximum absolute atomic E-state index is 13.8. The number of carbonyl (C=O) groups excluding carboxylic acids is 1. The maximum atomic E-state index is 13.8. The van der Waals surface area contributed by atoms with Crippen molar-refractivity contribution in [3.05, 3.63) is 65.9 Å². The third-order valence-electron chi connectivity index (χ3n) is 5.30. The number of amides is 1. The highest BCUT2D eigenvalue weighted by Crippen LogP contribution is 2.31. The van der Waals surface area contributed by atoms with Crippen molar-refractivity contribution < 1.29 is 18.3 Å². The van der Waals surface area contributed by atoms with E-state index in [-0.39, 0.29) is 23.6 Å². The van der Waals surface area contributed by atoms with Crippen LogP contribution in [0.1, 0.15) is 23.3 Å². The number of hydrogen-bond donors (Lipinski definition) is 1. The van der Waals surface area contributed by atoms with Gasteiger partial charge in [-0.05, 0) is 42.5 Å². The van der Waals surface area contributed by atoms with Gasteiger partial charge in [0.05, 0.1) is 10.4 Å². The molecule has 4 aromatic rings. The van der Waals surface area contributed by atoms with Crippen molar-refractivity contribution >= 4 is 27.5 Å². The van der Waals surface area contributed by atoms with Crippen LogP contribution in [0.2, 0.25) is 0 Å². The number of rotatable bonds is 4. The minimum absolute atomic E-state index is 0.0794. The summed E-state index contributed by atoms with van der Waals surface area (Å²) >= 11 is 1.32. The van der Waals surface area contributed by atoms with Crippen LogP contribution in [-0.2, 0) is 0 Å². The van der Waals surface area contributed by atoms with Crippen molar-refractivity contribution in [3.63, 3.8) is 0 Å². The van der Waals surface area contributed by atoms with Crippen LogP contribution >= 0.6 is 11.3 Å². The quantitative estimate of drug-likeness (QED) is 0.502. The van der Waals surface area contributed by atoms with Crippen molar-refractivity contribution in [2.45, 2.75) is 18.9 Å². The summed E-state index contributed by atoms with van der Waals surface area (Å²) < 4.78 is 33.6. The largest absolute Gasteiger partial charge is 0.467 e. The molecule has 1 amide bonds. The second kappa shape index (κ2) is 8.07. The summed E-state index contributed by atoms with van der Waals surface area (Å²) in [5.74, 6) is -0.818. The van der Waals surface area contributed by atoms with E-state index in [1.807, 2.05) is 6.07 Å². The van der Waals surface area contributed by atoms with Crippen molar-refractivity contribution in [1.82, 2.24) is 20.1 Å². The Morgan fingerprint density at radius 1 is 1.13 bits per heavy atom. The number of nitrogens with one attached hydrogen (secondary N) is 1. The zero-order valence-corrected chi connectivity index (χ0v) is 17.2. The number of aromatic amines is 1. The van der Waals surface area contributed by atoms with E-state index in [2.05, 4.69) is 15.2 Å². The summed E-state index contributed by atoms with van der Waals surface area (Å²) in [6.07, 6.45) is 1.23. The molecular weight excluding hydrogens is 422 g/mol. The number of halogens is 2. The molecule has 1 aliphatic heterocycles. The number of para-hydroxylation sites is 1. The minimum atomic E-state index is -0.358. The van der Waals surface area contributed by atoms with Crippen LogP contribution in [0.5, 0.6) is 5.19 Å². The Morgan fingerprint density at radius 2 is 1.90 bits per heavy atom. The van der Waals surface area contributed by atoms with Gasteiger partial charge >= 0.3 is 0 Å². The Balaban J connectivity index is 1.20. The van der Waals surface area contributed by atoms with Gasteiger partial charge in [-0.2, -0.15) is 10.1 Å². The normalized spacial score (nSPS) is 14.8. The molecule has 1 N–H and O–H groups in total. The van der Waals surface area contributed by atoms with Crippen molar-refractivity contribution in [3.8, 4) is 16.5 Å². The van der Waals surface area contributed by atoms with Gasteiger partial charge in [-0.25, -0.2) is 8.78 Å². The van der Waals surface area contributed by atoms with Gasteiger partial charge in [-0.3, -0.25) is 9.89 Å². The first-order chi connectivity index (χ1) is 15.1. The fraction of sp³-hybridized carbons (Fsp3) is 0.227. The van der Waals surface area contributed by atoms with Crippen LogP contribution in [0.4, 0.5) is 8.78 Å². The number of piperidine rings is 1. The molecule has 2 aromatic heterocycles. The predicted octanol–water partition coefficient (Wildman–Crippen LogP) is 4.65. The second-order valence-corrected chi connectivity index (χ2v) is 8.34. The molecule has 3 heterocycles. The monoisotopic (exact) mass is 440 g/mol. The van der Waals surface area contributed by atoms with Crippen molar-refractivity contribution in [2.24, 2.45) is 0 Å². The Bertz CT molecular complexity index is 1230. The number of carbonyl (C=O) groups is 1. The number of likely N-dealkylation sites (tertiary alicyclic amines) is 1. The van der Waals surface area contributed by atoms with E-state index in [1.165, 1.54) is 29.5 Å². The lowest BCUT2D eigenvalue weighted by Crippen LogP contribution is -2.41. The lowest BCUT2D eigenvalue weighted by Gasteiger charge is -2.31. The Kier molecular flexibility index (Phi) is 5.11. The third-order valence-corrected chi connectivity index (χ3v) is 6.21. The summed E-state index contributed by atoms with van der Waals surface area (Å²) in [6, 6.07) is 12.5. The van der Waals surface area contributed by atoms with E-state index in [1.54, 1.807) is 29.2 Å². The van der Waals surface area contributed by atoms with Gasteiger partial charge in [0.1, 0.15) is 28.9 Å². The molecule has 0 aliphatic carbocycles. The molecule has 0 bridgehead atoms. The van der Waals surface area contributed by atoms with Gasteiger partial charge in [-0.1, -0.05) is 17.4 Å². The number of ether oxygens (including phenoxy) is 1. The molecule has 0 atom stereocenters. The highest BCUT2D eigenvalue weighted by molar-refractivity contribution is 7.20. The molecule has 5 rings (SSSR count). The van der Waals surface area contributed by atoms with Gasteiger partial charge in [0.25, 0.3) is 11.1 Å². The van der Waals surface area contributed by atoms with Gasteiger partial charge in [-0.15, -0.1) is 0 Å².